The third-order valence-corrected chi connectivity index (χ3v) is 5.96. The topological polar surface area (TPSA) is 37.8 Å². The maximum atomic E-state index is 4.59. The minimum Gasteiger partial charge on any atom is -0.372 e. The van der Waals surface area contributed by atoms with E-state index in [9.17, 15) is 0 Å². The summed E-state index contributed by atoms with van der Waals surface area (Å²) >= 11 is 4.33. The Morgan fingerprint density at radius 2 is 2.00 bits per heavy atom. The zero-order valence-electron chi connectivity index (χ0n) is 11.0. The summed E-state index contributed by atoms with van der Waals surface area (Å²) in [6.45, 7) is 2.05. The molecule has 1 aromatic rings. The highest BCUT2D eigenvalue weighted by atomic mass is 127. The van der Waals surface area contributed by atoms with Crippen LogP contribution in [-0.2, 0) is 5.75 Å². The summed E-state index contributed by atoms with van der Waals surface area (Å²) < 4.78 is 1.13. The summed E-state index contributed by atoms with van der Waals surface area (Å²) in [6.07, 6.45) is 6.94. The molecule has 1 fully saturated rings. The fourth-order valence-corrected chi connectivity index (χ4v) is 3.96. The summed E-state index contributed by atoms with van der Waals surface area (Å²) in [6, 6.07) is 0. The second kappa shape index (κ2) is 6.93. The van der Waals surface area contributed by atoms with Crippen molar-refractivity contribution in [3.8, 4) is 0 Å². The molecule has 0 radical (unpaired) electrons. The van der Waals surface area contributed by atoms with Crippen molar-refractivity contribution in [3.63, 3.8) is 0 Å². The Balaban J connectivity index is 1.98. The van der Waals surface area contributed by atoms with Crippen LogP contribution in [0.2, 0.25) is 0 Å². The molecule has 1 N–H and O–H groups in total. The van der Waals surface area contributed by atoms with Crippen LogP contribution >= 0.6 is 34.4 Å². The molecule has 1 aliphatic rings. The average Bonchev–Trinajstić information content (AvgIpc) is 2.41. The van der Waals surface area contributed by atoms with E-state index in [0.29, 0.717) is 0 Å². The molecule has 2 rings (SSSR count). The minimum absolute atomic E-state index is 0.819. The SMILES string of the molecule is CNc1nc(CSC2CCCCC2)nc(C)c1I. The van der Waals surface area contributed by atoms with Crippen LogP contribution in [0.4, 0.5) is 5.82 Å². The molecule has 1 heterocycles. The van der Waals surface area contributed by atoms with Gasteiger partial charge < -0.3 is 5.32 Å². The van der Waals surface area contributed by atoms with Gasteiger partial charge in [0.25, 0.3) is 0 Å². The van der Waals surface area contributed by atoms with Crippen molar-refractivity contribution in [2.45, 2.75) is 50.0 Å². The number of aryl methyl sites for hydroxylation is 1. The lowest BCUT2D eigenvalue weighted by Gasteiger charge is -2.20. The first kappa shape index (κ1) is 14.4. The number of nitrogens with one attached hydrogen (secondary N) is 1. The van der Waals surface area contributed by atoms with Crippen LogP contribution in [-0.4, -0.2) is 22.3 Å². The van der Waals surface area contributed by atoms with Crippen molar-refractivity contribution in [1.29, 1.82) is 0 Å². The van der Waals surface area contributed by atoms with E-state index < -0.39 is 0 Å². The van der Waals surface area contributed by atoms with Crippen molar-refractivity contribution in [1.82, 2.24) is 9.97 Å². The van der Waals surface area contributed by atoms with E-state index in [1.54, 1.807) is 0 Å². The molecule has 100 valence electrons. The monoisotopic (exact) mass is 377 g/mol. The van der Waals surface area contributed by atoms with Crippen molar-refractivity contribution >= 4 is 40.2 Å². The van der Waals surface area contributed by atoms with E-state index in [1.165, 1.54) is 32.1 Å². The fraction of sp³-hybridized carbons (Fsp3) is 0.692. The van der Waals surface area contributed by atoms with E-state index in [1.807, 2.05) is 18.8 Å². The molecule has 0 saturated heterocycles. The zero-order valence-corrected chi connectivity index (χ0v) is 14.0. The first-order valence-electron chi connectivity index (χ1n) is 6.53. The van der Waals surface area contributed by atoms with Crippen LogP contribution in [0.25, 0.3) is 0 Å². The normalized spacial score (nSPS) is 16.8. The van der Waals surface area contributed by atoms with Crippen molar-refractivity contribution < 1.29 is 0 Å². The highest BCUT2D eigenvalue weighted by Gasteiger charge is 2.15. The van der Waals surface area contributed by atoms with E-state index in [2.05, 4.69) is 44.8 Å². The van der Waals surface area contributed by atoms with Crippen LogP contribution in [0, 0.1) is 10.5 Å². The molecule has 0 aromatic carbocycles. The van der Waals surface area contributed by atoms with E-state index in [-0.39, 0.29) is 0 Å². The summed E-state index contributed by atoms with van der Waals surface area (Å²) in [5.41, 5.74) is 1.08. The van der Waals surface area contributed by atoms with Gasteiger partial charge in [0.1, 0.15) is 11.6 Å². The second-order valence-corrected chi connectivity index (χ2v) is 7.08. The summed E-state index contributed by atoms with van der Waals surface area (Å²) in [5, 5.41) is 3.97. The Morgan fingerprint density at radius 3 is 2.67 bits per heavy atom. The van der Waals surface area contributed by atoms with Crippen LogP contribution in [0.15, 0.2) is 0 Å². The smallest absolute Gasteiger partial charge is 0.143 e. The number of nitrogens with zero attached hydrogens (tertiary/aromatic N) is 2. The van der Waals surface area contributed by atoms with Gasteiger partial charge in [-0.2, -0.15) is 11.8 Å². The van der Waals surface area contributed by atoms with Crippen LogP contribution in [0.1, 0.15) is 43.6 Å². The molecule has 0 amide bonds. The summed E-state index contributed by atoms with van der Waals surface area (Å²) in [5.74, 6) is 2.87. The molecule has 0 spiro atoms. The molecular formula is C13H20IN3S. The third-order valence-electron chi connectivity index (χ3n) is 3.30. The predicted molar refractivity (Wildman–Crippen MR) is 87.2 cm³/mol. The molecular weight excluding hydrogens is 357 g/mol. The number of halogens is 1. The Morgan fingerprint density at radius 1 is 1.28 bits per heavy atom. The maximum absolute atomic E-state index is 4.59. The molecule has 5 heteroatoms. The van der Waals surface area contributed by atoms with Gasteiger partial charge in [-0.1, -0.05) is 19.3 Å². The van der Waals surface area contributed by atoms with Gasteiger partial charge in [0.2, 0.25) is 0 Å². The van der Waals surface area contributed by atoms with E-state index in [4.69, 9.17) is 0 Å². The van der Waals surface area contributed by atoms with E-state index >= 15 is 0 Å². The van der Waals surface area contributed by atoms with Crippen molar-refractivity contribution in [3.05, 3.63) is 15.1 Å². The van der Waals surface area contributed by atoms with Crippen LogP contribution in [0.5, 0.6) is 0 Å². The molecule has 1 aromatic heterocycles. The lowest BCUT2D eigenvalue weighted by atomic mass is 10.0. The number of hydrogen-bond donors (Lipinski definition) is 1. The molecule has 3 nitrogen and oxygen atoms in total. The maximum Gasteiger partial charge on any atom is 0.143 e. The molecule has 0 bridgehead atoms. The number of hydrogen-bond acceptors (Lipinski definition) is 4. The highest BCUT2D eigenvalue weighted by Crippen LogP contribution is 2.30. The summed E-state index contributed by atoms with van der Waals surface area (Å²) in [4.78, 5) is 9.17. The third kappa shape index (κ3) is 3.73. The Kier molecular flexibility index (Phi) is 5.54. The Bertz CT molecular complexity index is 405. The lowest BCUT2D eigenvalue weighted by molar-refractivity contribution is 0.516. The second-order valence-electron chi connectivity index (χ2n) is 4.71. The number of rotatable bonds is 4. The van der Waals surface area contributed by atoms with Gasteiger partial charge in [0.05, 0.1) is 15.0 Å². The van der Waals surface area contributed by atoms with Gasteiger partial charge in [-0.3, -0.25) is 0 Å². The number of thioether (sulfide) groups is 1. The summed E-state index contributed by atoms with van der Waals surface area (Å²) in [7, 11) is 1.92. The number of aromatic nitrogens is 2. The molecule has 0 atom stereocenters. The molecule has 0 unspecified atom stereocenters. The van der Waals surface area contributed by atoms with Gasteiger partial charge >= 0.3 is 0 Å². The van der Waals surface area contributed by atoms with Gasteiger partial charge in [0.15, 0.2) is 0 Å². The quantitative estimate of drug-likeness (QED) is 0.805. The first-order valence-corrected chi connectivity index (χ1v) is 8.66. The van der Waals surface area contributed by atoms with Gasteiger partial charge in [0, 0.05) is 12.3 Å². The first-order chi connectivity index (χ1) is 8.70. The largest absolute Gasteiger partial charge is 0.372 e. The molecule has 0 aliphatic heterocycles. The fourth-order valence-electron chi connectivity index (χ4n) is 2.27. The Labute approximate surface area is 127 Å². The van der Waals surface area contributed by atoms with Crippen LogP contribution in [0.3, 0.4) is 0 Å². The van der Waals surface area contributed by atoms with Gasteiger partial charge in [-0.15, -0.1) is 0 Å². The highest BCUT2D eigenvalue weighted by molar-refractivity contribution is 14.1. The van der Waals surface area contributed by atoms with Gasteiger partial charge in [-0.25, -0.2) is 9.97 Å². The van der Waals surface area contributed by atoms with Gasteiger partial charge in [-0.05, 0) is 42.4 Å². The van der Waals surface area contributed by atoms with Crippen LogP contribution < -0.4 is 5.32 Å². The Hall–Kier alpha value is -0.0400. The minimum atomic E-state index is 0.819. The zero-order chi connectivity index (χ0) is 13.0. The van der Waals surface area contributed by atoms with E-state index in [0.717, 1.165) is 31.9 Å². The standard InChI is InChI=1S/C13H20IN3S/c1-9-12(14)13(15-2)17-11(16-9)8-18-10-6-4-3-5-7-10/h10H,3-8H2,1-2H3,(H,15,16,17). The van der Waals surface area contributed by atoms with Crippen molar-refractivity contribution in [2.24, 2.45) is 0 Å². The predicted octanol–water partition coefficient (Wildman–Crippen LogP) is 4.00. The lowest BCUT2D eigenvalue weighted by Crippen LogP contribution is -2.10. The molecule has 1 aliphatic carbocycles. The molecule has 1 saturated carbocycles. The number of anilines is 1. The van der Waals surface area contributed by atoms with Crippen molar-refractivity contribution in [2.75, 3.05) is 12.4 Å². The molecule has 18 heavy (non-hydrogen) atoms. The average molecular weight is 377 g/mol.